The summed E-state index contributed by atoms with van der Waals surface area (Å²) in [5, 5.41) is 12.3. The lowest BCUT2D eigenvalue weighted by Gasteiger charge is -2.11. The minimum Gasteiger partial charge on any atom is -0.389 e. The molecule has 1 aromatic heterocycles. The normalized spacial score (nSPS) is 12.3. The van der Waals surface area contributed by atoms with E-state index >= 15 is 0 Å². The predicted molar refractivity (Wildman–Crippen MR) is 78.9 cm³/mol. The van der Waals surface area contributed by atoms with E-state index in [4.69, 9.17) is 0 Å². The van der Waals surface area contributed by atoms with Crippen LogP contribution in [-0.4, -0.2) is 16.0 Å². The first-order chi connectivity index (χ1) is 10.1. The van der Waals surface area contributed by atoms with Gasteiger partial charge in [-0.25, -0.2) is 4.39 Å². The predicted octanol–water partition coefficient (Wildman–Crippen LogP) is 2.93. The number of amides is 1. The van der Waals surface area contributed by atoms with E-state index in [0.717, 1.165) is 6.20 Å². The second-order valence-electron chi connectivity index (χ2n) is 4.52. The number of carbonyl (C=O) groups excluding carboxylic acids is 1. The van der Waals surface area contributed by atoms with Crippen molar-refractivity contribution in [3.63, 3.8) is 0 Å². The van der Waals surface area contributed by atoms with Crippen LogP contribution in [0.3, 0.4) is 0 Å². The van der Waals surface area contributed by atoms with Crippen molar-refractivity contribution >= 4 is 17.7 Å². The summed E-state index contributed by atoms with van der Waals surface area (Å²) in [6.45, 7) is 1.62. The molecule has 0 fully saturated rings. The lowest BCUT2D eigenvalue weighted by molar-refractivity contribution is -0.111. The number of aromatic nitrogens is 1. The van der Waals surface area contributed by atoms with Gasteiger partial charge in [-0.1, -0.05) is 18.2 Å². The van der Waals surface area contributed by atoms with Crippen LogP contribution in [0.25, 0.3) is 6.08 Å². The fourth-order valence-corrected chi connectivity index (χ4v) is 1.84. The van der Waals surface area contributed by atoms with Crippen LogP contribution in [0.2, 0.25) is 0 Å². The first-order valence-corrected chi connectivity index (χ1v) is 6.43. The lowest BCUT2D eigenvalue weighted by atomic mass is 10.1. The topological polar surface area (TPSA) is 62.2 Å². The summed E-state index contributed by atoms with van der Waals surface area (Å²) < 4.78 is 13.0. The molecule has 108 valence electrons. The molecule has 0 saturated heterocycles. The molecule has 5 heteroatoms. The highest BCUT2D eigenvalue weighted by molar-refractivity contribution is 6.02. The van der Waals surface area contributed by atoms with Crippen LogP contribution in [-0.2, 0) is 4.79 Å². The summed E-state index contributed by atoms with van der Waals surface area (Å²) in [5.41, 5.74) is 1.67. The molecule has 2 rings (SSSR count). The second-order valence-corrected chi connectivity index (χ2v) is 4.52. The lowest BCUT2D eigenvalue weighted by Crippen LogP contribution is -2.10. The molecule has 1 unspecified atom stereocenters. The number of pyridine rings is 1. The molecule has 0 radical (unpaired) electrons. The molecular formula is C16H15FN2O2. The Bertz CT molecular complexity index is 669. The van der Waals surface area contributed by atoms with Crippen LogP contribution in [0.4, 0.5) is 10.1 Å². The van der Waals surface area contributed by atoms with E-state index in [1.54, 1.807) is 31.2 Å². The number of rotatable bonds is 4. The number of para-hydroxylation sites is 1. The number of halogens is 1. The number of nitrogens with one attached hydrogen (secondary N) is 1. The summed E-state index contributed by atoms with van der Waals surface area (Å²) in [4.78, 5) is 15.5. The maximum Gasteiger partial charge on any atom is 0.248 e. The summed E-state index contributed by atoms with van der Waals surface area (Å²) in [5.74, 6) is -0.829. The van der Waals surface area contributed by atoms with Crippen LogP contribution < -0.4 is 5.32 Å². The van der Waals surface area contributed by atoms with Crippen LogP contribution in [0, 0.1) is 5.82 Å². The number of aliphatic hydroxyl groups excluding tert-OH is 1. The smallest absolute Gasteiger partial charge is 0.248 e. The van der Waals surface area contributed by atoms with Gasteiger partial charge in [0.25, 0.3) is 0 Å². The molecule has 4 nitrogen and oxygen atoms in total. The van der Waals surface area contributed by atoms with E-state index in [0.29, 0.717) is 16.8 Å². The maximum absolute atomic E-state index is 13.0. The quantitative estimate of drug-likeness (QED) is 0.849. The van der Waals surface area contributed by atoms with Crippen molar-refractivity contribution in [2.45, 2.75) is 13.0 Å². The van der Waals surface area contributed by atoms with Crippen molar-refractivity contribution in [3.05, 3.63) is 65.7 Å². The molecule has 1 atom stereocenters. The zero-order valence-corrected chi connectivity index (χ0v) is 11.5. The molecule has 1 amide bonds. The number of carbonyl (C=O) groups is 1. The molecule has 0 aliphatic carbocycles. The number of hydrogen-bond acceptors (Lipinski definition) is 3. The molecule has 0 saturated carbocycles. The van der Waals surface area contributed by atoms with Crippen molar-refractivity contribution < 1.29 is 14.3 Å². The van der Waals surface area contributed by atoms with E-state index < -0.39 is 11.9 Å². The van der Waals surface area contributed by atoms with E-state index in [-0.39, 0.29) is 5.91 Å². The summed E-state index contributed by atoms with van der Waals surface area (Å²) in [7, 11) is 0. The van der Waals surface area contributed by atoms with Gasteiger partial charge in [0.05, 0.1) is 12.3 Å². The van der Waals surface area contributed by atoms with Crippen molar-refractivity contribution in [2.24, 2.45) is 0 Å². The number of anilines is 1. The molecule has 2 N–H and O–H groups in total. The van der Waals surface area contributed by atoms with Gasteiger partial charge in [-0.15, -0.1) is 0 Å². The van der Waals surface area contributed by atoms with Crippen molar-refractivity contribution in [3.8, 4) is 0 Å². The van der Waals surface area contributed by atoms with Gasteiger partial charge in [0.1, 0.15) is 5.82 Å². The summed E-state index contributed by atoms with van der Waals surface area (Å²) in [6.07, 6.45) is 4.62. The molecule has 0 aliphatic rings. The van der Waals surface area contributed by atoms with Gasteiger partial charge in [-0.2, -0.15) is 0 Å². The molecule has 0 spiro atoms. The van der Waals surface area contributed by atoms with Gasteiger partial charge in [0.2, 0.25) is 5.91 Å². The second kappa shape index (κ2) is 6.76. The Hall–Kier alpha value is -2.53. The Morgan fingerprint density at radius 1 is 1.38 bits per heavy atom. The Kier molecular flexibility index (Phi) is 4.79. The SMILES string of the molecule is CC(O)c1ccccc1NC(=O)/C=C/c1cncc(F)c1. The highest BCUT2D eigenvalue weighted by Crippen LogP contribution is 2.22. The van der Waals surface area contributed by atoms with Gasteiger partial charge in [0, 0.05) is 23.5 Å². The highest BCUT2D eigenvalue weighted by atomic mass is 19.1. The van der Waals surface area contributed by atoms with Crippen molar-refractivity contribution in [1.82, 2.24) is 4.98 Å². The standard InChI is InChI=1S/C16H15FN2O2/c1-11(20)14-4-2-3-5-15(14)19-16(21)7-6-12-8-13(17)10-18-9-12/h2-11,20H,1H3,(H,19,21)/b7-6+. The van der Waals surface area contributed by atoms with Crippen LogP contribution in [0.1, 0.15) is 24.2 Å². The molecule has 1 aromatic carbocycles. The number of hydrogen-bond donors (Lipinski definition) is 2. The molecule has 2 aromatic rings. The Balaban J connectivity index is 2.09. The third-order valence-electron chi connectivity index (χ3n) is 2.82. The zero-order chi connectivity index (χ0) is 15.2. The average Bonchev–Trinajstić information content (AvgIpc) is 2.45. The first kappa shape index (κ1) is 14.9. The summed E-state index contributed by atoms with van der Waals surface area (Å²) >= 11 is 0. The van der Waals surface area contributed by atoms with Crippen LogP contribution in [0.5, 0.6) is 0 Å². The van der Waals surface area contributed by atoms with Crippen LogP contribution >= 0.6 is 0 Å². The molecular weight excluding hydrogens is 271 g/mol. The van der Waals surface area contributed by atoms with Gasteiger partial charge in [-0.3, -0.25) is 9.78 Å². The van der Waals surface area contributed by atoms with E-state index in [9.17, 15) is 14.3 Å². The van der Waals surface area contributed by atoms with Crippen LogP contribution in [0.15, 0.2) is 48.8 Å². The van der Waals surface area contributed by atoms with E-state index in [1.807, 2.05) is 0 Å². The maximum atomic E-state index is 13.0. The van der Waals surface area contributed by atoms with E-state index in [2.05, 4.69) is 10.3 Å². The minimum atomic E-state index is -0.683. The Morgan fingerprint density at radius 3 is 2.86 bits per heavy atom. The van der Waals surface area contributed by atoms with Gasteiger partial charge >= 0.3 is 0 Å². The minimum absolute atomic E-state index is 0.368. The van der Waals surface area contributed by atoms with Crippen molar-refractivity contribution in [2.75, 3.05) is 5.32 Å². The van der Waals surface area contributed by atoms with Gasteiger partial charge in [0.15, 0.2) is 0 Å². The highest BCUT2D eigenvalue weighted by Gasteiger charge is 2.08. The summed E-state index contributed by atoms with van der Waals surface area (Å²) in [6, 6.07) is 8.27. The third kappa shape index (κ3) is 4.22. The van der Waals surface area contributed by atoms with Crippen molar-refractivity contribution in [1.29, 1.82) is 0 Å². The van der Waals surface area contributed by atoms with Gasteiger partial charge in [-0.05, 0) is 30.7 Å². The molecule has 21 heavy (non-hydrogen) atoms. The molecule has 0 bridgehead atoms. The number of benzene rings is 1. The third-order valence-corrected chi connectivity index (χ3v) is 2.82. The largest absolute Gasteiger partial charge is 0.389 e. The Labute approximate surface area is 122 Å². The molecule has 1 heterocycles. The fraction of sp³-hybridized carbons (Fsp3) is 0.125. The first-order valence-electron chi connectivity index (χ1n) is 6.43. The average molecular weight is 286 g/mol. The number of aliphatic hydroxyl groups is 1. The number of nitrogens with zero attached hydrogens (tertiary/aromatic N) is 1. The van der Waals surface area contributed by atoms with E-state index in [1.165, 1.54) is 24.4 Å². The molecule has 0 aliphatic heterocycles. The zero-order valence-electron chi connectivity index (χ0n) is 11.5. The fourth-order valence-electron chi connectivity index (χ4n) is 1.84. The Morgan fingerprint density at radius 2 is 2.14 bits per heavy atom. The van der Waals surface area contributed by atoms with Gasteiger partial charge < -0.3 is 10.4 Å². The monoisotopic (exact) mass is 286 g/mol.